The van der Waals surface area contributed by atoms with Crippen LogP contribution in [0.1, 0.15) is 25.2 Å². The number of carboxylic acids is 1. The predicted molar refractivity (Wildman–Crippen MR) is 78.6 cm³/mol. The topological polar surface area (TPSA) is 55.1 Å². The normalized spacial score (nSPS) is 11.0. The molecule has 0 radical (unpaired) electrons. The molecule has 4 nitrogen and oxygen atoms in total. The van der Waals surface area contributed by atoms with Gasteiger partial charge in [-0.05, 0) is 24.8 Å². The van der Waals surface area contributed by atoms with Gasteiger partial charge in [0.25, 0.3) is 0 Å². The van der Waals surface area contributed by atoms with Gasteiger partial charge in [-0.3, -0.25) is 4.79 Å². The maximum atomic E-state index is 10.8. The Bertz CT molecular complexity index is 597. The molecule has 0 spiro atoms. The maximum absolute atomic E-state index is 10.8. The zero-order valence-electron chi connectivity index (χ0n) is 12.1. The molecule has 0 fully saturated rings. The largest absolute Gasteiger partial charge is 0.480 e. The first-order chi connectivity index (χ1) is 9.45. The SMILES string of the molecule is Cc1nc(-c2ccc(CC(C)C)cc2)cn1CC(=O)O. The number of aryl methyl sites for hydroxylation is 1. The molecular formula is C16H20N2O2. The molecule has 1 N–H and O–H groups in total. The number of carbonyl (C=O) groups is 1. The van der Waals surface area contributed by atoms with Gasteiger partial charge in [-0.15, -0.1) is 0 Å². The van der Waals surface area contributed by atoms with E-state index in [4.69, 9.17) is 5.11 Å². The van der Waals surface area contributed by atoms with Crippen LogP contribution in [0.4, 0.5) is 0 Å². The molecule has 2 rings (SSSR count). The van der Waals surface area contributed by atoms with Crippen LogP contribution in [0.15, 0.2) is 30.5 Å². The molecule has 1 aromatic heterocycles. The van der Waals surface area contributed by atoms with E-state index in [1.165, 1.54) is 5.56 Å². The predicted octanol–water partition coefficient (Wildman–Crippen LogP) is 3.14. The van der Waals surface area contributed by atoms with Gasteiger partial charge in [-0.25, -0.2) is 4.98 Å². The number of aliphatic carboxylic acids is 1. The van der Waals surface area contributed by atoms with Crippen LogP contribution in [0, 0.1) is 12.8 Å². The van der Waals surface area contributed by atoms with Gasteiger partial charge in [-0.1, -0.05) is 38.1 Å². The minimum Gasteiger partial charge on any atom is -0.480 e. The molecule has 0 aliphatic rings. The Morgan fingerprint density at radius 3 is 2.50 bits per heavy atom. The van der Waals surface area contributed by atoms with Gasteiger partial charge >= 0.3 is 5.97 Å². The lowest BCUT2D eigenvalue weighted by Crippen LogP contribution is -2.08. The molecule has 0 unspecified atom stereocenters. The summed E-state index contributed by atoms with van der Waals surface area (Å²) in [5, 5.41) is 8.84. The van der Waals surface area contributed by atoms with Crippen LogP contribution < -0.4 is 0 Å². The molecule has 2 aromatic rings. The highest BCUT2D eigenvalue weighted by atomic mass is 16.4. The van der Waals surface area contributed by atoms with Gasteiger partial charge in [0.15, 0.2) is 0 Å². The number of nitrogens with zero attached hydrogens (tertiary/aromatic N) is 2. The van der Waals surface area contributed by atoms with E-state index in [0.717, 1.165) is 17.7 Å². The summed E-state index contributed by atoms with van der Waals surface area (Å²) in [5.41, 5.74) is 3.15. The highest BCUT2D eigenvalue weighted by molar-refractivity contribution is 5.67. The lowest BCUT2D eigenvalue weighted by molar-refractivity contribution is -0.137. The maximum Gasteiger partial charge on any atom is 0.323 e. The Balaban J connectivity index is 2.21. The third-order valence-electron chi connectivity index (χ3n) is 3.18. The summed E-state index contributed by atoms with van der Waals surface area (Å²) in [4.78, 5) is 15.2. The van der Waals surface area contributed by atoms with Gasteiger partial charge in [0, 0.05) is 11.8 Å². The Hall–Kier alpha value is -2.10. The van der Waals surface area contributed by atoms with Crippen molar-refractivity contribution in [2.45, 2.75) is 33.7 Å². The first kappa shape index (κ1) is 14.3. The van der Waals surface area contributed by atoms with Gasteiger partial charge in [0.05, 0.1) is 5.69 Å². The van der Waals surface area contributed by atoms with Crippen molar-refractivity contribution in [3.8, 4) is 11.3 Å². The Labute approximate surface area is 119 Å². The monoisotopic (exact) mass is 272 g/mol. The molecular weight excluding hydrogens is 252 g/mol. The average Bonchev–Trinajstić information content (AvgIpc) is 2.70. The minimum absolute atomic E-state index is 0.0513. The number of benzene rings is 1. The number of carboxylic acid groups (broad SMARTS) is 1. The second kappa shape index (κ2) is 5.90. The van der Waals surface area contributed by atoms with Crippen LogP contribution in [0.25, 0.3) is 11.3 Å². The summed E-state index contributed by atoms with van der Waals surface area (Å²) in [6.45, 7) is 6.17. The fraction of sp³-hybridized carbons (Fsp3) is 0.375. The number of rotatable bonds is 5. The molecule has 0 aliphatic carbocycles. The highest BCUT2D eigenvalue weighted by Gasteiger charge is 2.09. The van der Waals surface area contributed by atoms with Crippen molar-refractivity contribution >= 4 is 5.97 Å². The van der Waals surface area contributed by atoms with Crippen LogP contribution >= 0.6 is 0 Å². The first-order valence-corrected chi connectivity index (χ1v) is 6.80. The van der Waals surface area contributed by atoms with Gasteiger partial charge < -0.3 is 9.67 Å². The fourth-order valence-electron chi connectivity index (χ4n) is 2.24. The molecule has 1 aromatic carbocycles. The van der Waals surface area contributed by atoms with Crippen molar-refractivity contribution in [1.82, 2.24) is 9.55 Å². The number of imidazole rings is 1. The smallest absolute Gasteiger partial charge is 0.323 e. The van der Waals surface area contributed by atoms with Gasteiger partial charge in [0.1, 0.15) is 12.4 Å². The average molecular weight is 272 g/mol. The first-order valence-electron chi connectivity index (χ1n) is 6.80. The summed E-state index contributed by atoms with van der Waals surface area (Å²) >= 11 is 0. The molecule has 0 atom stereocenters. The third-order valence-corrected chi connectivity index (χ3v) is 3.18. The van der Waals surface area contributed by atoms with Gasteiger partial charge in [0.2, 0.25) is 0 Å². The van der Waals surface area contributed by atoms with Crippen molar-refractivity contribution < 1.29 is 9.90 Å². The number of aromatic nitrogens is 2. The van der Waals surface area contributed by atoms with E-state index in [9.17, 15) is 4.79 Å². The summed E-state index contributed by atoms with van der Waals surface area (Å²) < 4.78 is 1.65. The summed E-state index contributed by atoms with van der Waals surface area (Å²) in [6.07, 6.45) is 2.85. The summed E-state index contributed by atoms with van der Waals surface area (Å²) in [7, 11) is 0. The fourth-order valence-corrected chi connectivity index (χ4v) is 2.24. The van der Waals surface area contributed by atoms with Crippen molar-refractivity contribution in [2.24, 2.45) is 5.92 Å². The van der Waals surface area contributed by atoms with Crippen molar-refractivity contribution in [1.29, 1.82) is 0 Å². The highest BCUT2D eigenvalue weighted by Crippen LogP contribution is 2.20. The summed E-state index contributed by atoms with van der Waals surface area (Å²) in [5.74, 6) is 0.496. The van der Waals surface area contributed by atoms with E-state index in [1.807, 2.05) is 19.1 Å². The minimum atomic E-state index is -0.857. The molecule has 106 valence electrons. The second-order valence-corrected chi connectivity index (χ2v) is 5.49. The van der Waals surface area contributed by atoms with Crippen LogP contribution in [-0.4, -0.2) is 20.6 Å². The van der Waals surface area contributed by atoms with E-state index in [-0.39, 0.29) is 6.54 Å². The molecule has 0 aliphatic heterocycles. The molecule has 4 heteroatoms. The Kier molecular flexibility index (Phi) is 4.23. The van der Waals surface area contributed by atoms with Crippen molar-refractivity contribution in [3.05, 3.63) is 41.9 Å². The molecule has 0 saturated carbocycles. The summed E-state index contributed by atoms with van der Waals surface area (Å²) in [6, 6.07) is 8.32. The second-order valence-electron chi connectivity index (χ2n) is 5.49. The molecule has 20 heavy (non-hydrogen) atoms. The Morgan fingerprint density at radius 1 is 1.30 bits per heavy atom. The lowest BCUT2D eigenvalue weighted by atomic mass is 10.0. The third kappa shape index (κ3) is 3.47. The van der Waals surface area contributed by atoms with E-state index >= 15 is 0 Å². The van der Waals surface area contributed by atoms with Crippen LogP contribution in [0.3, 0.4) is 0 Å². The van der Waals surface area contributed by atoms with E-state index in [0.29, 0.717) is 11.7 Å². The van der Waals surface area contributed by atoms with Crippen molar-refractivity contribution in [3.63, 3.8) is 0 Å². The van der Waals surface area contributed by atoms with E-state index in [2.05, 4.69) is 31.0 Å². The van der Waals surface area contributed by atoms with E-state index < -0.39 is 5.97 Å². The number of hydrogen-bond acceptors (Lipinski definition) is 2. The number of hydrogen-bond donors (Lipinski definition) is 1. The molecule has 0 bridgehead atoms. The lowest BCUT2D eigenvalue weighted by Gasteiger charge is -2.05. The van der Waals surface area contributed by atoms with Crippen LogP contribution in [0.5, 0.6) is 0 Å². The standard InChI is InChI=1S/C16H20N2O2/c1-11(2)8-13-4-6-14(7-5-13)15-9-18(10-16(19)20)12(3)17-15/h4-7,9,11H,8,10H2,1-3H3,(H,19,20). The zero-order chi connectivity index (χ0) is 14.7. The van der Waals surface area contributed by atoms with Crippen LogP contribution in [0.2, 0.25) is 0 Å². The van der Waals surface area contributed by atoms with Gasteiger partial charge in [-0.2, -0.15) is 0 Å². The van der Waals surface area contributed by atoms with E-state index in [1.54, 1.807) is 10.8 Å². The van der Waals surface area contributed by atoms with Crippen molar-refractivity contribution in [2.75, 3.05) is 0 Å². The molecule has 0 amide bonds. The molecule has 1 heterocycles. The molecule has 0 saturated heterocycles. The van der Waals surface area contributed by atoms with Crippen LogP contribution in [-0.2, 0) is 17.8 Å². The zero-order valence-corrected chi connectivity index (χ0v) is 12.1. The quantitative estimate of drug-likeness (QED) is 0.909. The Morgan fingerprint density at radius 2 is 1.95 bits per heavy atom.